The van der Waals surface area contributed by atoms with Crippen molar-refractivity contribution in [3.05, 3.63) is 35.4 Å². The van der Waals surface area contributed by atoms with Crippen molar-refractivity contribution in [3.8, 4) is 0 Å². The Hall–Kier alpha value is -2.81. The van der Waals surface area contributed by atoms with Crippen molar-refractivity contribution >= 4 is 18.0 Å². The average Bonchev–Trinajstić information content (AvgIpc) is 3.21. The number of amides is 2. The normalized spacial score (nSPS) is 21.5. The van der Waals surface area contributed by atoms with E-state index in [-0.39, 0.29) is 24.5 Å². The zero-order valence-electron chi connectivity index (χ0n) is 15.7. The van der Waals surface area contributed by atoms with Gasteiger partial charge in [-0.1, -0.05) is 6.42 Å². The zero-order valence-corrected chi connectivity index (χ0v) is 15.7. The van der Waals surface area contributed by atoms with E-state index < -0.39 is 29.6 Å². The minimum Gasteiger partial charge on any atom is -0.467 e. The van der Waals surface area contributed by atoms with E-state index >= 15 is 0 Å². The number of ether oxygens (including phenoxy) is 2. The molecule has 1 unspecified atom stereocenters. The number of urea groups is 1. The summed E-state index contributed by atoms with van der Waals surface area (Å²) in [5, 5.41) is 15.6. The Balaban J connectivity index is 1.84. The van der Waals surface area contributed by atoms with Crippen LogP contribution in [-0.4, -0.2) is 41.9 Å². The molecule has 0 radical (unpaired) electrons. The number of nitrogens with one attached hydrogen (secondary N) is 2. The van der Waals surface area contributed by atoms with Gasteiger partial charge in [-0.3, -0.25) is 0 Å². The van der Waals surface area contributed by atoms with Crippen molar-refractivity contribution in [1.29, 1.82) is 0 Å². The Kier molecular flexibility index (Phi) is 6.03. The van der Waals surface area contributed by atoms with Gasteiger partial charge in [0.1, 0.15) is 18.4 Å². The van der Waals surface area contributed by atoms with Gasteiger partial charge in [0.05, 0.1) is 24.1 Å². The summed E-state index contributed by atoms with van der Waals surface area (Å²) in [4.78, 5) is 37.0. The van der Waals surface area contributed by atoms with Crippen LogP contribution in [0.2, 0.25) is 0 Å². The van der Waals surface area contributed by atoms with Crippen LogP contribution in [0, 0.1) is 0 Å². The van der Waals surface area contributed by atoms with Crippen LogP contribution in [0.25, 0.3) is 0 Å². The molecular formula is C19H24N2O7. The van der Waals surface area contributed by atoms with Crippen LogP contribution in [0.3, 0.4) is 0 Å². The minimum absolute atomic E-state index is 0.0832. The molecular weight excluding hydrogens is 368 g/mol. The highest BCUT2D eigenvalue weighted by molar-refractivity contribution is 5.95. The second-order valence-electron chi connectivity index (χ2n) is 6.83. The first-order valence-corrected chi connectivity index (χ1v) is 9.35. The molecule has 1 saturated carbocycles. The van der Waals surface area contributed by atoms with Crippen molar-refractivity contribution in [2.75, 3.05) is 13.2 Å². The van der Waals surface area contributed by atoms with Crippen molar-refractivity contribution < 1.29 is 33.4 Å². The summed E-state index contributed by atoms with van der Waals surface area (Å²) < 4.78 is 15.7. The third-order valence-electron chi connectivity index (χ3n) is 4.88. The first-order chi connectivity index (χ1) is 13.4. The molecule has 3 rings (SSSR count). The zero-order chi connectivity index (χ0) is 20.1. The lowest BCUT2D eigenvalue weighted by Crippen LogP contribution is -2.48. The molecule has 1 aromatic rings. The first kappa shape index (κ1) is 19.9. The molecule has 1 aromatic heterocycles. The number of carbonyl (C=O) groups excluding carboxylic acids is 3. The topological polar surface area (TPSA) is 127 Å². The van der Waals surface area contributed by atoms with Crippen LogP contribution in [0.15, 0.2) is 34.1 Å². The van der Waals surface area contributed by atoms with Crippen LogP contribution < -0.4 is 10.6 Å². The number of hydrogen-bond acceptors (Lipinski definition) is 7. The lowest BCUT2D eigenvalue weighted by atomic mass is 9.85. The van der Waals surface area contributed by atoms with Gasteiger partial charge in [0, 0.05) is 0 Å². The van der Waals surface area contributed by atoms with Gasteiger partial charge in [-0.05, 0) is 44.7 Å². The number of furan rings is 1. The quantitative estimate of drug-likeness (QED) is 0.629. The fourth-order valence-corrected chi connectivity index (χ4v) is 3.46. The Morgan fingerprint density at radius 1 is 1.29 bits per heavy atom. The molecule has 3 N–H and O–H groups in total. The maximum atomic E-state index is 12.5. The standard InChI is InChI=1S/C19H24N2O7/c1-2-26-16(22)14-12(11-28-17(23)19(25)8-4-3-5-9-19)20-18(24)21-15(14)13-7-6-10-27-13/h6-7,10,15,25H,2-5,8-9,11H2,1H3,(H2,20,21,24). The molecule has 152 valence electrons. The van der Waals surface area contributed by atoms with E-state index in [4.69, 9.17) is 13.9 Å². The van der Waals surface area contributed by atoms with E-state index in [1.165, 1.54) is 6.26 Å². The summed E-state index contributed by atoms with van der Waals surface area (Å²) in [7, 11) is 0. The predicted octanol–water partition coefficient (Wildman–Crippen LogP) is 1.69. The summed E-state index contributed by atoms with van der Waals surface area (Å²) in [5.74, 6) is -1.09. The molecule has 28 heavy (non-hydrogen) atoms. The van der Waals surface area contributed by atoms with Crippen LogP contribution in [0.4, 0.5) is 4.79 Å². The summed E-state index contributed by atoms with van der Waals surface area (Å²) in [6.45, 7) is 1.42. The van der Waals surface area contributed by atoms with Crippen molar-refractivity contribution in [2.24, 2.45) is 0 Å². The minimum atomic E-state index is -1.53. The largest absolute Gasteiger partial charge is 0.467 e. The van der Waals surface area contributed by atoms with E-state index in [1.807, 2.05) is 0 Å². The van der Waals surface area contributed by atoms with Gasteiger partial charge in [-0.2, -0.15) is 0 Å². The molecule has 9 nitrogen and oxygen atoms in total. The summed E-state index contributed by atoms with van der Waals surface area (Å²) in [6.07, 6.45) is 4.52. The van der Waals surface area contributed by atoms with Gasteiger partial charge in [0.25, 0.3) is 0 Å². The molecule has 0 saturated heterocycles. The molecule has 1 atom stereocenters. The summed E-state index contributed by atoms with van der Waals surface area (Å²) in [5.41, 5.74) is -1.35. The molecule has 1 fully saturated rings. The Labute approximate surface area is 162 Å². The van der Waals surface area contributed by atoms with E-state index in [0.29, 0.717) is 18.6 Å². The maximum Gasteiger partial charge on any atom is 0.338 e. The molecule has 2 amide bonds. The number of hydrogen-bond donors (Lipinski definition) is 3. The van der Waals surface area contributed by atoms with Crippen LogP contribution in [0.1, 0.15) is 50.8 Å². The van der Waals surface area contributed by atoms with E-state index in [2.05, 4.69) is 10.6 Å². The Morgan fingerprint density at radius 3 is 2.68 bits per heavy atom. The second-order valence-corrected chi connectivity index (χ2v) is 6.83. The van der Waals surface area contributed by atoms with Gasteiger partial charge in [-0.15, -0.1) is 0 Å². The number of rotatable bonds is 6. The van der Waals surface area contributed by atoms with Crippen molar-refractivity contribution in [2.45, 2.75) is 50.7 Å². The number of aliphatic hydroxyl groups is 1. The molecule has 2 aliphatic rings. The van der Waals surface area contributed by atoms with Crippen LogP contribution >= 0.6 is 0 Å². The predicted molar refractivity (Wildman–Crippen MR) is 95.8 cm³/mol. The lowest BCUT2D eigenvalue weighted by Gasteiger charge is -2.31. The maximum absolute atomic E-state index is 12.5. The van der Waals surface area contributed by atoms with Gasteiger partial charge in [0.15, 0.2) is 5.60 Å². The van der Waals surface area contributed by atoms with Crippen molar-refractivity contribution in [3.63, 3.8) is 0 Å². The van der Waals surface area contributed by atoms with E-state index in [0.717, 1.165) is 19.3 Å². The van der Waals surface area contributed by atoms with E-state index in [9.17, 15) is 19.5 Å². The molecule has 0 bridgehead atoms. The second kappa shape index (κ2) is 8.47. The summed E-state index contributed by atoms with van der Waals surface area (Å²) >= 11 is 0. The SMILES string of the molecule is CCOC(=O)C1=C(COC(=O)C2(O)CCCCC2)NC(=O)NC1c1ccco1. The van der Waals surface area contributed by atoms with E-state index in [1.54, 1.807) is 19.1 Å². The molecule has 1 aliphatic heterocycles. The van der Waals surface area contributed by atoms with Crippen LogP contribution in [0.5, 0.6) is 0 Å². The van der Waals surface area contributed by atoms with Gasteiger partial charge < -0.3 is 29.6 Å². The van der Waals surface area contributed by atoms with Gasteiger partial charge in [0.2, 0.25) is 0 Å². The van der Waals surface area contributed by atoms with Gasteiger partial charge >= 0.3 is 18.0 Å². The third kappa shape index (κ3) is 4.19. The average molecular weight is 392 g/mol. The van der Waals surface area contributed by atoms with Gasteiger partial charge in [-0.25, -0.2) is 14.4 Å². The lowest BCUT2D eigenvalue weighted by molar-refractivity contribution is -0.168. The fourth-order valence-electron chi connectivity index (χ4n) is 3.46. The number of carbonyl (C=O) groups is 3. The highest BCUT2D eigenvalue weighted by atomic mass is 16.6. The molecule has 9 heteroatoms. The highest BCUT2D eigenvalue weighted by Crippen LogP contribution is 2.31. The summed E-state index contributed by atoms with van der Waals surface area (Å²) in [6, 6.07) is 1.79. The molecule has 0 spiro atoms. The molecule has 1 aliphatic carbocycles. The highest BCUT2D eigenvalue weighted by Gasteiger charge is 2.40. The Morgan fingerprint density at radius 2 is 2.04 bits per heavy atom. The molecule has 0 aromatic carbocycles. The fraction of sp³-hybridized carbons (Fsp3) is 0.526. The van der Waals surface area contributed by atoms with Crippen molar-refractivity contribution in [1.82, 2.24) is 10.6 Å². The smallest absolute Gasteiger partial charge is 0.338 e. The first-order valence-electron chi connectivity index (χ1n) is 9.35. The van der Waals surface area contributed by atoms with Crippen LogP contribution in [-0.2, 0) is 19.1 Å². The molecule has 2 heterocycles. The Bertz CT molecular complexity index is 763. The number of esters is 2. The third-order valence-corrected chi connectivity index (χ3v) is 4.88. The monoisotopic (exact) mass is 392 g/mol.